The molecule has 2 amide bonds. The van der Waals surface area contributed by atoms with Crippen molar-refractivity contribution in [1.82, 2.24) is 21.0 Å². The lowest BCUT2D eigenvalue weighted by Crippen LogP contribution is -2.41. The van der Waals surface area contributed by atoms with Crippen molar-refractivity contribution in [3.05, 3.63) is 53.1 Å². The Morgan fingerprint density at radius 2 is 1.68 bits per heavy atom. The number of aromatic amines is 1. The van der Waals surface area contributed by atoms with Crippen molar-refractivity contribution in [1.29, 1.82) is 0 Å². The van der Waals surface area contributed by atoms with Crippen molar-refractivity contribution in [3.8, 4) is 0 Å². The van der Waals surface area contributed by atoms with E-state index in [9.17, 15) is 14.0 Å². The summed E-state index contributed by atoms with van der Waals surface area (Å²) in [5, 5.41) is 6.69. The Bertz CT molecular complexity index is 686. The van der Waals surface area contributed by atoms with Gasteiger partial charge in [0.1, 0.15) is 5.82 Å². The number of aromatic nitrogens is 2. The molecular weight excluding hydrogens is 287 g/mol. The largest absolute Gasteiger partial charge is 0.290 e. The van der Waals surface area contributed by atoms with Gasteiger partial charge in [-0.25, -0.2) is 4.39 Å². The van der Waals surface area contributed by atoms with E-state index in [1.54, 1.807) is 6.07 Å². The van der Waals surface area contributed by atoms with Crippen LogP contribution >= 0.6 is 0 Å². The number of halogens is 1. The molecule has 7 heteroatoms. The quantitative estimate of drug-likeness (QED) is 0.741. The summed E-state index contributed by atoms with van der Waals surface area (Å²) in [6.07, 6.45) is 0. The van der Waals surface area contributed by atoms with Gasteiger partial charge in [-0.3, -0.25) is 25.5 Å². The molecule has 0 saturated heterocycles. The molecule has 0 aliphatic heterocycles. The Morgan fingerprint density at radius 1 is 1.09 bits per heavy atom. The van der Waals surface area contributed by atoms with Crippen molar-refractivity contribution >= 4 is 11.8 Å². The monoisotopic (exact) mass is 304 g/mol. The molecule has 0 fully saturated rings. The van der Waals surface area contributed by atoms with Gasteiger partial charge < -0.3 is 0 Å². The van der Waals surface area contributed by atoms with Crippen LogP contribution in [0.3, 0.4) is 0 Å². The van der Waals surface area contributed by atoms with Gasteiger partial charge in [-0.05, 0) is 30.3 Å². The summed E-state index contributed by atoms with van der Waals surface area (Å²) >= 11 is 0. The Labute approximate surface area is 127 Å². The predicted molar refractivity (Wildman–Crippen MR) is 78.6 cm³/mol. The van der Waals surface area contributed by atoms with E-state index in [1.807, 2.05) is 20.8 Å². The number of carbonyl (C=O) groups is 2. The molecule has 1 aromatic carbocycles. The van der Waals surface area contributed by atoms with Crippen LogP contribution in [-0.4, -0.2) is 22.0 Å². The van der Waals surface area contributed by atoms with Crippen LogP contribution in [0.1, 0.15) is 47.3 Å². The average molecular weight is 304 g/mol. The molecule has 6 nitrogen and oxygen atoms in total. The van der Waals surface area contributed by atoms with E-state index in [-0.39, 0.29) is 16.7 Å². The zero-order valence-corrected chi connectivity index (χ0v) is 12.5. The van der Waals surface area contributed by atoms with Gasteiger partial charge in [0, 0.05) is 16.7 Å². The van der Waals surface area contributed by atoms with Crippen LogP contribution in [-0.2, 0) is 5.41 Å². The van der Waals surface area contributed by atoms with E-state index in [1.165, 1.54) is 24.3 Å². The fourth-order valence-electron chi connectivity index (χ4n) is 1.67. The molecule has 0 bridgehead atoms. The number of carbonyl (C=O) groups excluding carboxylic acids is 2. The molecule has 0 unspecified atom stereocenters. The normalized spacial score (nSPS) is 11.1. The van der Waals surface area contributed by atoms with Gasteiger partial charge in [-0.15, -0.1) is 0 Å². The van der Waals surface area contributed by atoms with Crippen LogP contribution in [0.15, 0.2) is 30.3 Å². The van der Waals surface area contributed by atoms with Crippen molar-refractivity contribution < 1.29 is 14.0 Å². The maximum atomic E-state index is 12.8. The summed E-state index contributed by atoms with van der Waals surface area (Å²) < 4.78 is 12.8. The minimum Gasteiger partial charge on any atom is -0.281 e. The van der Waals surface area contributed by atoms with Crippen molar-refractivity contribution in [2.75, 3.05) is 0 Å². The van der Waals surface area contributed by atoms with Crippen LogP contribution in [0, 0.1) is 5.82 Å². The summed E-state index contributed by atoms with van der Waals surface area (Å²) in [5.74, 6) is -1.52. The Morgan fingerprint density at radius 3 is 2.23 bits per heavy atom. The molecule has 0 spiro atoms. The van der Waals surface area contributed by atoms with E-state index >= 15 is 0 Å². The van der Waals surface area contributed by atoms with E-state index in [0.29, 0.717) is 0 Å². The summed E-state index contributed by atoms with van der Waals surface area (Å²) in [6.45, 7) is 5.95. The van der Waals surface area contributed by atoms with Crippen molar-refractivity contribution in [2.45, 2.75) is 26.2 Å². The third-order valence-corrected chi connectivity index (χ3v) is 3.01. The number of H-pyrrole nitrogens is 1. The highest BCUT2D eigenvalue weighted by Crippen LogP contribution is 2.20. The first kappa shape index (κ1) is 15.7. The molecule has 22 heavy (non-hydrogen) atoms. The summed E-state index contributed by atoms with van der Waals surface area (Å²) in [6, 6.07) is 6.60. The van der Waals surface area contributed by atoms with Crippen molar-refractivity contribution in [3.63, 3.8) is 0 Å². The van der Waals surface area contributed by atoms with E-state index < -0.39 is 17.6 Å². The molecule has 1 aromatic heterocycles. The van der Waals surface area contributed by atoms with E-state index in [2.05, 4.69) is 21.0 Å². The first-order valence-corrected chi connectivity index (χ1v) is 6.69. The van der Waals surface area contributed by atoms with Gasteiger partial charge in [-0.2, -0.15) is 5.10 Å². The van der Waals surface area contributed by atoms with Gasteiger partial charge in [0.25, 0.3) is 11.8 Å². The molecule has 3 N–H and O–H groups in total. The fourth-order valence-corrected chi connectivity index (χ4v) is 1.67. The van der Waals surface area contributed by atoms with Crippen LogP contribution in [0.25, 0.3) is 0 Å². The van der Waals surface area contributed by atoms with Gasteiger partial charge in [0.05, 0.1) is 0 Å². The predicted octanol–water partition coefficient (Wildman–Crippen LogP) is 1.92. The second-order valence-electron chi connectivity index (χ2n) is 5.83. The lowest BCUT2D eigenvalue weighted by molar-refractivity contribution is 0.0844. The third-order valence-electron chi connectivity index (χ3n) is 3.01. The number of amides is 2. The standard InChI is InChI=1S/C15H17FN4O2/c1-15(2,3)12-8-11(17-18-12)14(22)20-19-13(21)9-4-6-10(16)7-5-9/h4-8H,1-3H3,(H,17,18)(H,19,21)(H,20,22). The zero-order chi connectivity index (χ0) is 16.3. The summed E-state index contributed by atoms with van der Waals surface area (Å²) in [4.78, 5) is 23.7. The number of hydrogen-bond donors (Lipinski definition) is 3. The van der Waals surface area contributed by atoms with Gasteiger partial charge in [0.15, 0.2) is 5.69 Å². The third kappa shape index (κ3) is 3.69. The maximum Gasteiger partial charge on any atom is 0.290 e. The molecule has 0 radical (unpaired) electrons. The first-order chi connectivity index (χ1) is 10.3. The summed E-state index contributed by atoms with van der Waals surface area (Å²) in [5.41, 5.74) is 5.56. The second kappa shape index (κ2) is 5.97. The maximum absolute atomic E-state index is 12.8. The van der Waals surface area contributed by atoms with Crippen molar-refractivity contribution in [2.24, 2.45) is 0 Å². The smallest absolute Gasteiger partial charge is 0.281 e. The summed E-state index contributed by atoms with van der Waals surface area (Å²) in [7, 11) is 0. The number of nitrogens with one attached hydrogen (secondary N) is 3. The topological polar surface area (TPSA) is 86.9 Å². The molecule has 0 aliphatic carbocycles. The number of benzene rings is 1. The highest BCUT2D eigenvalue weighted by Gasteiger charge is 2.19. The number of hydrogen-bond acceptors (Lipinski definition) is 3. The van der Waals surface area contributed by atoms with Crippen LogP contribution in [0.4, 0.5) is 4.39 Å². The average Bonchev–Trinajstić information content (AvgIpc) is 2.95. The number of nitrogens with zero attached hydrogens (tertiary/aromatic N) is 1. The lowest BCUT2D eigenvalue weighted by atomic mass is 9.92. The van der Waals surface area contributed by atoms with Crippen LogP contribution < -0.4 is 10.9 Å². The molecule has 2 aromatic rings. The molecule has 0 atom stereocenters. The molecule has 0 saturated carbocycles. The van der Waals surface area contributed by atoms with Gasteiger partial charge >= 0.3 is 0 Å². The highest BCUT2D eigenvalue weighted by molar-refractivity contribution is 5.98. The Balaban J connectivity index is 1.96. The van der Waals surface area contributed by atoms with Crippen LogP contribution in [0.2, 0.25) is 0 Å². The van der Waals surface area contributed by atoms with Gasteiger partial charge in [-0.1, -0.05) is 20.8 Å². The SMILES string of the molecule is CC(C)(C)c1cc(C(=O)NNC(=O)c2ccc(F)cc2)n[nH]1. The molecule has 0 aliphatic rings. The fraction of sp³-hybridized carbons (Fsp3) is 0.267. The zero-order valence-electron chi connectivity index (χ0n) is 12.5. The minimum absolute atomic E-state index is 0.164. The number of hydrazine groups is 1. The number of rotatable bonds is 2. The molecule has 116 valence electrons. The minimum atomic E-state index is -0.542. The molecule has 2 rings (SSSR count). The van der Waals surface area contributed by atoms with E-state index in [0.717, 1.165) is 5.69 Å². The lowest BCUT2D eigenvalue weighted by Gasteiger charge is -2.14. The highest BCUT2D eigenvalue weighted by atomic mass is 19.1. The second-order valence-corrected chi connectivity index (χ2v) is 5.83. The first-order valence-electron chi connectivity index (χ1n) is 6.69. The Hall–Kier alpha value is -2.70. The molecule has 1 heterocycles. The van der Waals surface area contributed by atoms with Gasteiger partial charge in [0.2, 0.25) is 0 Å². The Kier molecular flexibility index (Phi) is 4.25. The van der Waals surface area contributed by atoms with E-state index in [4.69, 9.17) is 0 Å². The molecular formula is C15H17FN4O2. The van der Waals surface area contributed by atoms with Crippen LogP contribution in [0.5, 0.6) is 0 Å².